The third-order valence-electron chi connectivity index (χ3n) is 5.40. The van der Waals surface area contributed by atoms with Gasteiger partial charge in [0.25, 0.3) is 0 Å². The number of hydrogen-bond donors (Lipinski definition) is 1. The maximum absolute atomic E-state index is 11.4. The predicted octanol–water partition coefficient (Wildman–Crippen LogP) is 4.96. The molecule has 6 heteroatoms. The Bertz CT molecular complexity index is 948. The number of aliphatic hydroxyl groups is 1. The molecule has 1 N–H and O–H groups in total. The summed E-state index contributed by atoms with van der Waals surface area (Å²) in [6.07, 6.45) is 3.84. The van der Waals surface area contributed by atoms with Gasteiger partial charge in [0.2, 0.25) is 5.75 Å². The summed E-state index contributed by atoms with van der Waals surface area (Å²) < 4.78 is 28.2. The third-order valence-corrected chi connectivity index (χ3v) is 5.40. The zero-order valence-corrected chi connectivity index (χ0v) is 19.2. The molecule has 0 radical (unpaired) electrons. The van der Waals surface area contributed by atoms with E-state index in [1.165, 1.54) is 0 Å². The molecule has 2 aromatic carbocycles. The van der Waals surface area contributed by atoms with E-state index < -0.39 is 6.10 Å². The molecule has 31 heavy (non-hydrogen) atoms. The second-order valence-corrected chi connectivity index (χ2v) is 7.70. The van der Waals surface area contributed by atoms with E-state index in [9.17, 15) is 5.11 Å². The van der Waals surface area contributed by atoms with Crippen molar-refractivity contribution in [3.05, 3.63) is 47.0 Å². The molecule has 0 aromatic heterocycles. The van der Waals surface area contributed by atoms with Crippen LogP contribution in [0, 0.1) is 0 Å². The fraction of sp³-hybridized carbons (Fsp3) is 0.440. The summed E-state index contributed by atoms with van der Waals surface area (Å²) in [7, 11) is 6.43. The van der Waals surface area contributed by atoms with Crippen molar-refractivity contribution in [3.8, 4) is 28.7 Å². The van der Waals surface area contributed by atoms with Crippen molar-refractivity contribution in [1.82, 2.24) is 0 Å². The minimum atomic E-state index is -0.847. The van der Waals surface area contributed by atoms with Gasteiger partial charge in [0.05, 0.1) is 34.5 Å². The van der Waals surface area contributed by atoms with Crippen LogP contribution >= 0.6 is 0 Å². The summed E-state index contributed by atoms with van der Waals surface area (Å²) in [5.74, 6) is 3.02. The van der Waals surface area contributed by atoms with E-state index in [1.807, 2.05) is 38.1 Å². The van der Waals surface area contributed by atoms with Gasteiger partial charge in [-0.15, -0.1) is 0 Å². The number of ether oxygens (including phenoxy) is 5. The Labute approximate surface area is 184 Å². The van der Waals surface area contributed by atoms with Gasteiger partial charge in [-0.3, -0.25) is 0 Å². The van der Waals surface area contributed by atoms with Crippen LogP contribution in [0.5, 0.6) is 28.7 Å². The topological polar surface area (TPSA) is 66.4 Å². The highest BCUT2D eigenvalue weighted by molar-refractivity contribution is 5.78. The van der Waals surface area contributed by atoms with Gasteiger partial charge in [0.1, 0.15) is 6.10 Å². The zero-order chi connectivity index (χ0) is 22.5. The van der Waals surface area contributed by atoms with Crippen LogP contribution in [0.2, 0.25) is 0 Å². The molecule has 1 atom stereocenters. The van der Waals surface area contributed by atoms with Crippen LogP contribution in [-0.4, -0.2) is 39.6 Å². The largest absolute Gasteiger partial charge is 0.493 e. The number of aliphatic hydroxyl groups excluding tert-OH is 1. The molecule has 0 aliphatic heterocycles. The highest BCUT2D eigenvalue weighted by Crippen LogP contribution is 2.48. The summed E-state index contributed by atoms with van der Waals surface area (Å²) >= 11 is 0. The molecule has 6 nitrogen and oxygen atoms in total. The molecule has 3 rings (SSSR count). The van der Waals surface area contributed by atoms with Gasteiger partial charge in [-0.05, 0) is 68.0 Å². The molecule has 0 amide bonds. The van der Waals surface area contributed by atoms with Crippen LogP contribution in [0.25, 0.3) is 5.57 Å². The minimum absolute atomic E-state index is 0.0138. The average molecular weight is 429 g/mol. The summed E-state index contributed by atoms with van der Waals surface area (Å²) in [6.45, 7) is 3.91. The average Bonchev–Trinajstić information content (AvgIpc) is 2.98. The van der Waals surface area contributed by atoms with Gasteiger partial charge in [-0.25, -0.2) is 0 Å². The van der Waals surface area contributed by atoms with E-state index in [2.05, 4.69) is 6.08 Å². The van der Waals surface area contributed by atoms with Crippen molar-refractivity contribution in [2.24, 2.45) is 0 Å². The van der Waals surface area contributed by atoms with E-state index in [0.29, 0.717) is 28.7 Å². The van der Waals surface area contributed by atoms with Crippen molar-refractivity contribution in [3.63, 3.8) is 0 Å². The molecule has 0 bridgehead atoms. The van der Waals surface area contributed by atoms with Crippen LogP contribution in [0.15, 0.2) is 30.3 Å². The Hall–Kier alpha value is -2.86. The predicted molar refractivity (Wildman–Crippen MR) is 121 cm³/mol. The van der Waals surface area contributed by atoms with Crippen molar-refractivity contribution in [2.45, 2.75) is 45.3 Å². The molecule has 0 fully saturated rings. The number of rotatable bonds is 8. The standard InChI is InChI=1S/C25H32O6/c1-15(2)31-21-13-16(11-12-20(21)27-3)23(26)17-9-7-8-10-18-19(17)14-22(28-4)25(30-6)24(18)29-5/h9,11-15,23,26H,7-8,10H2,1-6H3. The molecule has 1 aliphatic carbocycles. The van der Waals surface area contributed by atoms with Crippen LogP contribution < -0.4 is 23.7 Å². The molecule has 0 saturated carbocycles. The summed E-state index contributed by atoms with van der Waals surface area (Å²) in [5, 5.41) is 11.4. The second kappa shape index (κ2) is 9.96. The highest BCUT2D eigenvalue weighted by Gasteiger charge is 2.27. The first-order valence-electron chi connectivity index (χ1n) is 10.5. The quantitative estimate of drug-likeness (QED) is 0.641. The Morgan fingerprint density at radius 2 is 1.55 bits per heavy atom. The van der Waals surface area contributed by atoms with Gasteiger partial charge in [0, 0.05) is 5.56 Å². The van der Waals surface area contributed by atoms with Gasteiger partial charge >= 0.3 is 0 Å². The first-order chi connectivity index (χ1) is 14.9. The lowest BCUT2D eigenvalue weighted by molar-refractivity contribution is 0.222. The SMILES string of the molecule is COc1ccc(C(O)C2=CCCCc3c2cc(OC)c(OC)c3OC)cc1OC(C)C. The maximum atomic E-state index is 11.4. The van der Waals surface area contributed by atoms with E-state index in [-0.39, 0.29) is 6.10 Å². The highest BCUT2D eigenvalue weighted by atomic mass is 16.5. The van der Waals surface area contributed by atoms with Crippen molar-refractivity contribution in [1.29, 1.82) is 0 Å². The van der Waals surface area contributed by atoms with Crippen LogP contribution in [-0.2, 0) is 6.42 Å². The molecular weight excluding hydrogens is 396 g/mol. The first-order valence-corrected chi connectivity index (χ1v) is 10.5. The number of benzene rings is 2. The van der Waals surface area contributed by atoms with Gasteiger partial charge < -0.3 is 28.8 Å². The fourth-order valence-corrected chi connectivity index (χ4v) is 4.02. The Morgan fingerprint density at radius 1 is 0.839 bits per heavy atom. The van der Waals surface area contributed by atoms with Crippen molar-refractivity contribution >= 4 is 5.57 Å². The van der Waals surface area contributed by atoms with Gasteiger partial charge in [0.15, 0.2) is 23.0 Å². The summed E-state index contributed by atoms with van der Waals surface area (Å²) in [5.41, 5.74) is 3.45. The second-order valence-electron chi connectivity index (χ2n) is 7.70. The first kappa shape index (κ1) is 22.8. The smallest absolute Gasteiger partial charge is 0.203 e. The molecular formula is C25H32O6. The van der Waals surface area contributed by atoms with Crippen LogP contribution in [0.1, 0.15) is 49.5 Å². The molecule has 0 spiro atoms. The molecule has 0 heterocycles. The minimum Gasteiger partial charge on any atom is -0.493 e. The van der Waals surface area contributed by atoms with Gasteiger partial charge in [-0.1, -0.05) is 12.1 Å². The number of hydrogen-bond acceptors (Lipinski definition) is 6. The molecule has 1 unspecified atom stereocenters. The third kappa shape index (κ3) is 4.59. The number of methoxy groups -OCH3 is 4. The van der Waals surface area contributed by atoms with E-state index in [0.717, 1.165) is 41.5 Å². The molecule has 2 aromatic rings. The summed E-state index contributed by atoms with van der Waals surface area (Å²) in [6, 6.07) is 7.45. The summed E-state index contributed by atoms with van der Waals surface area (Å²) in [4.78, 5) is 0. The number of allylic oxidation sites excluding steroid dienone is 1. The monoisotopic (exact) mass is 428 g/mol. The molecule has 0 saturated heterocycles. The van der Waals surface area contributed by atoms with Crippen molar-refractivity contribution < 1.29 is 28.8 Å². The van der Waals surface area contributed by atoms with Crippen molar-refractivity contribution in [2.75, 3.05) is 28.4 Å². The normalized spacial score (nSPS) is 14.3. The van der Waals surface area contributed by atoms with E-state index >= 15 is 0 Å². The van der Waals surface area contributed by atoms with Crippen LogP contribution in [0.4, 0.5) is 0 Å². The maximum Gasteiger partial charge on any atom is 0.203 e. The molecule has 168 valence electrons. The molecule has 1 aliphatic rings. The van der Waals surface area contributed by atoms with Gasteiger partial charge in [-0.2, -0.15) is 0 Å². The van der Waals surface area contributed by atoms with Crippen LogP contribution in [0.3, 0.4) is 0 Å². The Morgan fingerprint density at radius 3 is 2.16 bits per heavy atom. The van der Waals surface area contributed by atoms with E-state index in [1.54, 1.807) is 28.4 Å². The number of fused-ring (bicyclic) bond motifs is 1. The lowest BCUT2D eigenvalue weighted by Crippen LogP contribution is -2.09. The Kier molecular flexibility index (Phi) is 7.33. The Balaban J connectivity index is 2.11. The zero-order valence-electron chi connectivity index (χ0n) is 19.2. The fourth-order valence-electron chi connectivity index (χ4n) is 4.02. The van der Waals surface area contributed by atoms with E-state index in [4.69, 9.17) is 23.7 Å². The lowest BCUT2D eigenvalue weighted by atomic mass is 9.90. The lowest BCUT2D eigenvalue weighted by Gasteiger charge is -2.23.